The maximum Gasteiger partial charge on any atom is 0.0194 e. The van der Waals surface area contributed by atoms with Crippen molar-refractivity contribution in [3.8, 4) is 0 Å². The van der Waals surface area contributed by atoms with Gasteiger partial charge in [-0.15, -0.1) is 0 Å². The van der Waals surface area contributed by atoms with Crippen LogP contribution in [-0.4, -0.2) is 23.1 Å². The molecule has 0 spiro atoms. The van der Waals surface area contributed by atoms with Crippen molar-refractivity contribution < 1.29 is 0 Å². The normalized spacial score (nSPS) is 48.1. The smallest absolute Gasteiger partial charge is 0.0194 e. The average molecular weight is 294 g/mol. The maximum atomic E-state index is 4.23. The van der Waals surface area contributed by atoms with E-state index in [-0.39, 0.29) is 0 Å². The zero-order valence-electron chi connectivity index (χ0n) is 13.3. The van der Waals surface area contributed by atoms with Crippen molar-refractivity contribution in [3.05, 3.63) is 0 Å². The third kappa shape index (κ3) is 2.26. The highest BCUT2D eigenvalue weighted by Gasteiger charge is 2.58. The zero-order chi connectivity index (χ0) is 13.8. The molecule has 1 aliphatic heterocycles. The van der Waals surface area contributed by atoms with Crippen LogP contribution in [0, 0.1) is 23.2 Å². The monoisotopic (exact) mass is 293 g/mol. The molecular formula is C18H31NS. The summed E-state index contributed by atoms with van der Waals surface area (Å²) in [4.78, 5) is 0. The van der Waals surface area contributed by atoms with Crippen molar-refractivity contribution >= 4 is 11.8 Å². The highest BCUT2D eigenvalue weighted by atomic mass is 32.2. The lowest BCUT2D eigenvalue weighted by Crippen LogP contribution is -2.65. The van der Waals surface area contributed by atoms with Gasteiger partial charge in [-0.25, -0.2) is 0 Å². The molecule has 1 saturated heterocycles. The lowest BCUT2D eigenvalue weighted by atomic mass is 9.44. The van der Waals surface area contributed by atoms with Crippen LogP contribution in [0.15, 0.2) is 0 Å². The second kappa shape index (κ2) is 4.91. The Hall–Kier alpha value is 0.310. The Morgan fingerprint density at radius 1 is 1.00 bits per heavy atom. The molecule has 4 aliphatic carbocycles. The summed E-state index contributed by atoms with van der Waals surface area (Å²) in [7, 11) is 0. The first-order chi connectivity index (χ1) is 9.59. The standard InChI is InChI=1S/C18H31NS/c1-13(2)17-8-14-7-15(9-17)11-18(10-14,12-17)19-16-3-5-20-6-4-16/h13-16,19H,3-12H2,1-2H3. The number of nitrogens with one attached hydrogen (secondary N) is 1. The van der Waals surface area contributed by atoms with Gasteiger partial charge >= 0.3 is 0 Å². The van der Waals surface area contributed by atoms with Crippen LogP contribution >= 0.6 is 11.8 Å². The van der Waals surface area contributed by atoms with Gasteiger partial charge in [-0.3, -0.25) is 0 Å². The quantitative estimate of drug-likeness (QED) is 0.824. The molecule has 5 aliphatic rings. The third-order valence-corrected chi connectivity index (χ3v) is 8.11. The van der Waals surface area contributed by atoms with Crippen molar-refractivity contribution in [1.29, 1.82) is 0 Å². The van der Waals surface area contributed by atoms with Crippen LogP contribution in [0.1, 0.15) is 65.2 Å². The van der Waals surface area contributed by atoms with E-state index in [0.717, 1.165) is 23.8 Å². The minimum atomic E-state index is 0.543. The van der Waals surface area contributed by atoms with Gasteiger partial charge in [0, 0.05) is 11.6 Å². The first-order valence-corrected chi connectivity index (χ1v) is 10.1. The molecule has 0 aromatic heterocycles. The van der Waals surface area contributed by atoms with E-state index in [4.69, 9.17) is 0 Å². The van der Waals surface area contributed by atoms with Gasteiger partial charge in [0.25, 0.3) is 0 Å². The van der Waals surface area contributed by atoms with Crippen LogP contribution < -0.4 is 5.32 Å². The molecule has 114 valence electrons. The van der Waals surface area contributed by atoms with Gasteiger partial charge in [0.2, 0.25) is 0 Å². The summed E-state index contributed by atoms with van der Waals surface area (Å²) in [6.07, 6.45) is 12.0. The van der Waals surface area contributed by atoms with E-state index in [2.05, 4.69) is 30.9 Å². The largest absolute Gasteiger partial charge is 0.308 e. The van der Waals surface area contributed by atoms with Gasteiger partial charge in [-0.1, -0.05) is 13.8 Å². The second-order valence-electron chi connectivity index (χ2n) is 8.79. The Balaban J connectivity index is 1.55. The summed E-state index contributed by atoms with van der Waals surface area (Å²) in [6.45, 7) is 5.00. The van der Waals surface area contributed by atoms with Crippen LogP contribution in [0.5, 0.6) is 0 Å². The van der Waals surface area contributed by atoms with Crippen LogP contribution in [0.25, 0.3) is 0 Å². The molecule has 5 fully saturated rings. The lowest BCUT2D eigenvalue weighted by molar-refractivity contribution is -0.108. The van der Waals surface area contributed by atoms with Crippen LogP contribution in [0.4, 0.5) is 0 Å². The highest BCUT2D eigenvalue weighted by Crippen LogP contribution is 2.64. The highest BCUT2D eigenvalue weighted by molar-refractivity contribution is 7.99. The number of rotatable bonds is 3. The summed E-state index contributed by atoms with van der Waals surface area (Å²) >= 11 is 2.16. The van der Waals surface area contributed by atoms with E-state index in [1.807, 2.05) is 0 Å². The summed E-state index contributed by atoms with van der Waals surface area (Å²) in [5.41, 5.74) is 1.24. The number of hydrogen-bond acceptors (Lipinski definition) is 2. The molecule has 2 heteroatoms. The van der Waals surface area contributed by atoms with Gasteiger partial charge in [-0.05, 0) is 86.0 Å². The van der Waals surface area contributed by atoms with Gasteiger partial charge in [-0.2, -0.15) is 11.8 Å². The molecule has 2 unspecified atom stereocenters. The molecule has 0 aromatic rings. The zero-order valence-corrected chi connectivity index (χ0v) is 14.1. The third-order valence-electron chi connectivity index (χ3n) is 7.06. The van der Waals surface area contributed by atoms with E-state index < -0.39 is 0 Å². The Morgan fingerprint density at radius 3 is 2.25 bits per heavy atom. The second-order valence-corrected chi connectivity index (χ2v) is 10.0. The summed E-state index contributed by atoms with van der Waals surface area (Å²) < 4.78 is 0. The van der Waals surface area contributed by atoms with E-state index >= 15 is 0 Å². The molecular weight excluding hydrogens is 262 g/mol. The SMILES string of the molecule is CC(C)C12CC3CC(CC(NC4CCSCC4)(C3)C1)C2. The van der Waals surface area contributed by atoms with Crippen molar-refractivity contribution in [3.63, 3.8) is 0 Å². The molecule has 5 rings (SSSR count). The fourth-order valence-corrected chi connectivity index (χ4v) is 7.56. The Kier molecular flexibility index (Phi) is 3.42. The minimum Gasteiger partial charge on any atom is -0.308 e. The first-order valence-electron chi connectivity index (χ1n) is 8.95. The molecule has 2 atom stereocenters. The molecule has 1 heterocycles. The van der Waals surface area contributed by atoms with Gasteiger partial charge in [0.1, 0.15) is 0 Å². The molecule has 0 amide bonds. The molecule has 20 heavy (non-hydrogen) atoms. The van der Waals surface area contributed by atoms with Crippen LogP contribution in [0.2, 0.25) is 0 Å². The molecule has 4 bridgehead atoms. The van der Waals surface area contributed by atoms with Crippen molar-refractivity contribution in [2.45, 2.75) is 76.8 Å². The lowest BCUT2D eigenvalue weighted by Gasteiger charge is -2.64. The Bertz CT molecular complexity index is 358. The molecule has 4 saturated carbocycles. The summed E-state index contributed by atoms with van der Waals surface area (Å²) in [5.74, 6) is 5.75. The van der Waals surface area contributed by atoms with E-state index in [0.29, 0.717) is 11.0 Å². The van der Waals surface area contributed by atoms with Crippen LogP contribution in [0.3, 0.4) is 0 Å². The molecule has 0 aromatic carbocycles. The van der Waals surface area contributed by atoms with Gasteiger partial charge in [0.05, 0.1) is 0 Å². The predicted octanol–water partition coefficient (Wildman–Crippen LogP) is 4.47. The fourth-order valence-electron chi connectivity index (χ4n) is 6.45. The molecule has 0 radical (unpaired) electrons. The Labute approximate surface area is 129 Å². The van der Waals surface area contributed by atoms with E-state index in [1.54, 1.807) is 19.3 Å². The van der Waals surface area contributed by atoms with Crippen molar-refractivity contribution in [2.75, 3.05) is 11.5 Å². The minimum absolute atomic E-state index is 0.543. The van der Waals surface area contributed by atoms with E-state index in [1.165, 1.54) is 43.6 Å². The Morgan fingerprint density at radius 2 is 1.65 bits per heavy atom. The van der Waals surface area contributed by atoms with Gasteiger partial charge < -0.3 is 5.32 Å². The predicted molar refractivity (Wildman–Crippen MR) is 88.2 cm³/mol. The first kappa shape index (κ1) is 13.9. The summed E-state index contributed by atoms with van der Waals surface area (Å²) in [5, 5.41) is 4.23. The molecule has 1 nitrogen and oxygen atoms in total. The molecule has 1 N–H and O–H groups in total. The number of thioether (sulfide) groups is 1. The topological polar surface area (TPSA) is 12.0 Å². The number of hydrogen-bond donors (Lipinski definition) is 1. The average Bonchev–Trinajstić information content (AvgIpc) is 2.37. The van der Waals surface area contributed by atoms with E-state index in [9.17, 15) is 0 Å². The van der Waals surface area contributed by atoms with Crippen LogP contribution in [-0.2, 0) is 0 Å². The van der Waals surface area contributed by atoms with Crippen molar-refractivity contribution in [2.24, 2.45) is 23.2 Å². The summed E-state index contributed by atoms with van der Waals surface area (Å²) in [6, 6.07) is 0.830. The maximum absolute atomic E-state index is 4.23. The van der Waals surface area contributed by atoms with Gasteiger partial charge in [0.15, 0.2) is 0 Å². The van der Waals surface area contributed by atoms with Crippen molar-refractivity contribution in [1.82, 2.24) is 5.32 Å². The fraction of sp³-hybridized carbons (Fsp3) is 1.00.